The first kappa shape index (κ1) is 25.6. The van der Waals surface area contributed by atoms with E-state index in [9.17, 15) is 22.4 Å². The van der Waals surface area contributed by atoms with Gasteiger partial charge >= 0.3 is 0 Å². The average Bonchev–Trinajstić information content (AvgIpc) is 2.92. The molecular weight excluding hydrogens is 493 g/mol. The van der Waals surface area contributed by atoms with Crippen molar-refractivity contribution in [2.75, 3.05) is 16.2 Å². The molecule has 188 valence electrons. The summed E-state index contributed by atoms with van der Waals surface area (Å²) >= 11 is 0. The normalized spacial score (nSPS) is 10.9. The van der Waals surface area contributed by atoms with E-state index in [4.69, 9.17) is 0 Å². The second kappa shape index (κ2) is 11.5. The molecule has 0 saturated carbocycles. The zero-order valence-corrected chi connectivity index (χ0v) is 20.5. The molecule has 9 heteroatoms. The number of benzene rings is 4. The molecule has 2 N–H and O–H groups in total. The molecule has 7 nitrogen and oxygen atoms in total. The van der Waals surface area contributed by atoms with Crippen molar-refractivity contribution in [1.82, 2.24) is 5.32 Å². The fraction of sp³-hybridized carbons (Fsp3) is 0.0714. The molecule has 0 bridgehead atoms. The van der Waals surface area contributed by atoms with Crippen LogP contribution in [0.1, 0.15) is 15.9 Å². The molecule has 0 heterocycles. The number of carbonyl (C=O) groups excluding carboxylic acids is 2. The van der Waals surface area contributed by atoms with Gasteiger partial charge in [-0.25, -0.2) is 12.8 Å². The minimum Gasteiger partial charge on any atom is -0.348 e. The van der Waals surface area contributed by atoms with Crippen LogP contribution in [0.5, 0.6) is 0 Å². The zero-order valence-electron chi connectivity index (χ0n) is 19.7. The predicted molar refractivity (Wildman–Crippen MR) is 140 cm³/mol. The summed E-state index contributed by atoms with van der Waals surface area (Å²) in [7, 11) is -4.28. The number of rotatable bonds is 9. The molecule has 0 aliphatic heterocycles. The Hall–Kier alpha value is -4.50. The minimum atomic E-state index is -4.28. The van der Waals surface area contributed by atoms with Crippen LogP contribution in [-0.4, -0.2) is 26.8 Å². The molecule has 0 fully saturated rings. The molecule has 37 heavy (non-hydrogen) atoms. The number of amides is 2. The Bertz CT molecular complexity index is 1500. The quantitative estimate of drug-likeness (QED) is 0.340. The van der Waals surface area contributed by atoms with Gasteiger partial charge < -0.3 is 10.6 Å². The maximum absolute atomic E-state index is 14.7. The van der Waals surface area contributed by atoms with E-state index in [1.54, 1.807) is 24.3 Å². The van der Waals surface area contributed by atoms with Crippen LogP contribution in [0.25, 0.3) is 0 Å². The van der Waals surface area contributed by atoms with Crippen LogP contribution in [0.4, 0.5) is 15.8 Å². The van der Waals surface area contributed by atoms with Crippen LogP contribution >= 0.6 is 0 Å². The Kier molecular flexibility index (Phi) is 7.95. The zero-order chi connectivity index (χ0) is 26.3. The standard InChI is InChI=1S/C28H24FN3O4S/c29-24-16-8-10-18-26(24)32(37(35,36)22-13-5-2-6-14-22)20-27(33)31-25-17-9-7-15-23(25)28(34)30-19-21-11-3-1-4-12-21/h1-18H,19-20H2,(H,30,34)(H,31,33). The summed E-state index contributed by atoms with van der Waals surface area (Å²) in [5.41, 5.74) is 1.04. The first-order valence-electron chi connectivity index (χ1n) is 11.4. The third kappa shape index (κ3) is 6.20. The molecule has 0 radical (unpaired) electrons. The molecule has 0 aromatic heterocycles. The van der Waals surface area contributed by atoms with Gasteiger partial charge in [0.1, 0.15) is 12.4 Å². The highest BCUT2D eigenvalue weighted by Crippen LogP contribution is 2.26. The number of carbonyl (C=O) groups is 2. The number of halogens is 1. The molecule has 0 spiro atoms. The van der Waals surface area contributed by atoms with Crippen molar-refractivity contribution in [3.63, 3.8) is 0 Å². The molecule has 2 amide bonds. The van der Waals surface area contributed by atoms with Gasteiger partial charge in [-0.2, -0.15) is 0 Å². The van der Waals surface area contributed by atoms with Gasteiger partial charge in [0.2, 0.25) is 5.91 Å². The van der Waals surface area contributed by atoms with Crippen molar-refractivity contribution >= 4 is 33.2 Å². The lowest BCUT2D eigenvalue weighted by Crippen LogP contribution is -2.39. The highest BCUT2D eigenvalue weighted by Gasteiger charge is 2.29. The third-order valence-corrected chi connectivity index (χ3v) is 7.26. The van der Waals surface area contributed by atoms with E-state index in [0.717, 1.165) is 11.6 Å². The molecule has 4 rings (SSSR count). The van der Waals surface area contributed by atoms with Crippen LogP contribution in [0.2, 0.25) is 0 Å². The molecule has 0 aliphatic carbocycles. The summed E-state index contributed by atoms with van der Waals surface area (Å²) in [6, 6.07) is 28.5. The Morgan fingerprint density at radius 1 is 0.757 bits per heavy atom. The molecule has 0 unspecified atom stereocenters. The Morgan fingerprint density at radius 2 is 1.35 bits per heavy atom. The van der Waals surface area contributed by atoms with Gasteiger partial charge in [0.25, 0.3) is 15.9 Å². The van der Waals surface area contributed by atoms with E-state index in [2.05, 4.69) is 10.6 Å². The van der Waals surface area contributed by atoms with Crippen molar-refractivity contribution in [2.24, 2.45) is 0 Å². The monoisotopic (exact) mass is 517 g/mol. The predicted octanol–water partition coefficient (Wildman–Crippen LogP) is 4.59. The van der Waals surface area contributed by atoms with E-state index < -0.39 is 34.2 Å². The molecule has 4 aromatic rings. The Balaban J connectivity index is 1.56. The first-order chi connectivity index (χ1) is 17.9. The van der Waals surface area contributed by atoms with Crippen LogP contribution in [0.3, 0.4) is 0 Å². The Labute approximate surface area is 214 Å². The van der Waals surface area contributed by atoms with Crippen LogP contribution < -0.4 is 14.9 Å². The molecule has 0 atom stereocenters. The lowest BCUT2D eigenvalue weighted by molar-refractivity contribution is -0.114. The largest absolute Gasteiger partial charge is 0.348 e. The summed E-state index contributed by atoms with van der Waals surface area (Å²) < 4.78 is 42.1. The number of para-hydroxylation sites is 2. The van der Waals surface area contributed by atoms with Crippen molar-refractivity contribution < 1.29 is 22.4 Å². The number of anilines is 2. The number of nitrogens with zero attached hydrogens (tertiary/aromatic N) is 1. The number of sulfonamides is 1. The lowest BCUT2D eigenvalue weighted by Gasteiger charge is -2.24. The lowest BCUT2D eigenvalue weighted by atomic mass is 10.1. The molecular formula is C28H24FN3O4S. The van der Waals surface area contributed by atoms with E-state index in [-0.39, 0.29) is 21.8 Å². The summed E-state index contributed by atoms with van der Waals surface area (Å²) in [6.45, 7) is -0.420. The van der Waals surface area contributed by atoms with Crippen molar-refractivity contribution in [3.8, 4) is 0 Å². The smallest absolute Gasteiger partial charge is 0.264 e. The van der Waals surface area contributed by atoms with Crippen LogP contribution in [-0.2, 0) is 21.4 Å². The summed E-state index contributed by atoms with van der Waals surface area (Å²) in [6.07, 6.45) is 0. The van der Waals surface area contributed by atoms with Gasteiger partial charge in [0.15, 0.2) is 0 Å². The van der Waals surface area contributed by atoms with Gasteiger partial charge in [0.05, 0.1) is 21.8 Å². The maximum atomic E-state index is 14.7. The van der Waals surface area contributed by atoms with Gasteiger partial charge in [-0.3, -0.25) is 13.9 Å². The summed E-state index contributed by atoms with van der Waals surface area (Å²) in [5, 5.41) is 5.41. The van der Waals surface area contributed by atoms with Gasteiger partial charge in [0, 0.05) is 6.54 Å². The minimum absolute atomic E-state index is 0.0910. The summed E-state index contributed by atoms with van der Waals surface area (Å²) in [4.78, 5) is 25.8. The number of hydrogen-bond acceptors (Lipinski definition) is 4. The first-order valence-corrected chi connectivity index (χ1v) is 12.8. The fourth-order valence-corrected chi connectivity index (χ4v) is 5.11. The van der Waals surface area contributed by atoms with Crippen LogP contribution in [0.15, 0.2) is 114 Å². The number of hydrogen-bond donors (Lipinski definition) is 2. The topological polar surface area (TPSA) is 95.6 Å². The van der Waals surface area contributed by atoms with E-state index in [0.29, 0.717) is 10.8 Å². The maximum Gasteiger partial charge on any atom is 0.264 e. The molecule has 0 saturated heterocycles. The third-order valence-electron chi connectivity index (χ3n) is 5.48. The fourth-order valence-electron chi connectivity index (χ4n) is 3.66. The summed E-state index contributed by atoms with van der Waals surface area (Å²) in [5.74, 6) is -1.95. The van der Waals surface area contributed by atoms with Crippen molar-refractivity contribution in [2.45, 2.75) is 11.4 Å². The van der Waals surface area contributed by atoms with E-state index in [1.807, 2.05) is 30.3 Å². The van der Waals surface area contributed by atoms with Crippen molar-refractivity contribution in [1.29, 1.82) is 0 Å². The van der Waals surface area contributed by atoms with Crippen molar-refractivity contribution in [3.05, 3.63) is 126 Å². The van der Waals surface area contributed by atoms with Crippen LogP contribution in [0, 0.1) is 5.82 Å². The highest BCUT2D eigenvalue weighted by molar-refractivity contribution is 7.92. The van der Waals surface area contributed by atoms with Gasteiger partial charge in [-0.15, -0.1) is 0 Å². The number of nitrogens with one attached hydrogen (secondary N) is 2. The Morgan fingerprint density at radius 3 is 2.05 bits per heavy atom. The molecule has 4 aromatic carbocycles. The highest BCUT2D eigenvalue weighted by atomic mass is 32.2. The van der Waals surface area contributed by atoms with Gasteiger partial charge in [-0.1, -0.05) is 72.8 Å². The SMILES string of the molecule is O=C(CN(c1ccccc1F)S(=O)(=O)c1ccccc1)Nc1ccccc1C(=O)NCc1ccccc1. The molecule has 0 aliphatic rings. The second-order valence-corrected chi connectivity index (χ2v) is 9.90. The second-order valence-electron chi connectivity index (χ2n) is 8.04. The van der Waals surface area contributed by atoms with E-state index in [1.165, 1.54) is 48.5 Å². The average molecular weight is 518 g/mol. The van der Waals surface area contributed by atoms with Gasteiger partial charge in [-0.05, 0) is 42.0 Å². The van der Waals surface area contributed by atoms with E-state index >= 15 is 0 Å².